The molecule has 0 radical (unpaired) electrons. The van der Waals surface area contributed by atoms with Gasteiger partial charge in [-0.2, -0.15) is 9.61 Å². The second-order valence-electron chi connectivity index (χ2n) is 8.24. The van der Waals surface area contributed by atoms with E-state index in [1.165, 1.54) is 35.9 Å². The monoisotopic (exact) mass is 467 g/mol. The van der Waals surface area contributed by atoms with Crippen LogP contribution in [0.3, 0.4) is 0 Å². The Kier molecular flexibility index (Phi) is 4.96. The number of benzene rings is 1. The highest BCUT2D eigenvalue weighted by Gasteiger charge is 2.26. The van der Waals surface area contributed by atoms with E-state index < -0.39 is 6.09 Å². The number of rotatable bonds is 5. The normalized spacial score (nSPS) is 19.1. The minimum absolute atomic E-state index is 0.0654. The van der Waals surface area contributed by atoms with Gasteiger partial charge in [-0.3, -0.25) is 5.32 Å². The molecule has 1 N–H and O–H groups in total. The summed E-state index contributed by atoms with van der Waals surface area (Å²) in [5.74, 6) is 0.570. The third-order valence-corrected chi connectivity index (χ3v) is 7.51. The van der Waals surface area contributed by atoms with Crippen molar-refractivity contribution in [3.05, 3.63) is 36.0 Å². The fraction of sp³-hybridized carbons (Fsp3) is 0.381. The molecule has 1 saturated carbocycles. The molecule has 3 aromatic heterocycles. The van der Waals surface area contributed by atoms with Gasteiger partial charge in [0, 0.05) is 23.9 Å². The first kappa shape index (κ1) is 19.9. The van der Waals surface area contributed by atoms with Crippen LogP contribution in [0.2, 0.25) is 0 Å². The standard InChI is InChI=1S/C21H21N7O2S2/c1-27-9-8-13(11-27)30-21(29)23-19-22-16-5-4-14(10-17(16)32-19)31-20-25-24-18-7-6-15(12-2-3-12)26-28(18)20/h4-7,10,12-13H,2-3,8-9,11H2,1H3,(H,22,23,29)/t13-/m0/s1. The van der Waals surface area contributed by atoms with Gasteiger partial charge >= 0.3 is 6.09 Å². The molecule has 1 saturated heterocycles. The highest BCUT2D eigenvalue weighted by molar-refractivity contribution is 7.99. The molecule has 32 heavy (non-hydrogen) atoms. The van der Waals surface area contributed by atoms with Crippen LogP contribution >= 0.6 is 23.1 Å². The zero-order chi connectivity index (χ0) is 21.7. The molecule has 0 bridgehead atoms. The third-order valence-electron chi connectivity index (χ3n) is 5.65. The van der Waals surface area contributed by atoms with Crippen molar-refractivity contribution >= 4 is 50.2 Å². The van der Waals surface area contributed by atoms with Crippen molar-refractivity contribution in [3.63, 3.8) is 0 Å². The summed E-state index contributed by atoms with van der Waals surface area (Å²) in [5, 5.41) is 17.3. The Morgan fingerprint density at radius 3 is 2.94 bits per heavy atom. The molecule has 11 heteroatoms. The molecule has 4 heterocycles. The van der Waals surface area contributed by atoms with Crippen LogP contribution in [0.25, 0.3) is 15.9 Å². The summed E-state index contributed by atoms with van der Waals surface area (Å²) in [7, 11) is 2.02. The number of thiazole rings is 1. The maximum absolute atomic E-state index is 12.2. The van der Waals surface area contributed by atoms with E-state index in [4.69, 9.17) is 9.84 Å². The predicted octanol–water partition coefficient (Wildman–Crippen LogP) is 4.02. The molecule has 1 amide bonds. The van der Waals surface area contributed by atoms with Crippen LogP contribution in [0, 0.1) is 0 Å². The van der Waals surface area contributed by atoms with Gasteiger partial charge in [0.2, 0.25) is 5.16 Å². The molecule has 1 atom stereocenters. The van der Waals surface area contributed by atoms with E-state index in [1.54, 1.807) is 0 Å². The summed E-state index contributed by atoms with van der Waals surface area (Å²) in [6, 6.07) is 10.0. The second kappa shape index (κ2) is 7.98. The molecule has 9 nitrogen and oxygen atoms in total. The van der Waals surface area contributed by atoms with Crippen molar-refractivity contribution in [1.29, 1.82) is 0 Å². The van der Waals surface area contributed by atoms with E-state index in [0.717, 1.165) is 51.1 Å². The lowest BCUT2D eigenvalue weighted by Gasteiger charge is -2.11. The maximum Gasteiger partial charge on any atom is 0.413 e. The van der Waals surface area contributed by atoms with Crippen LogP contribution in [0.5, 0.6) is 0 Å². The average molecular weight is 468 g/mol. The number of carbonyl (C=O) groups excluding carboxylic acids is 1. The number of carbonyl (C=O) groups is 1. The van der Waals surface area contributed by atoms with Crippen LogP contribution in [0.1, 0.15) is 30.9 Å². The molecule has 0 unspecified atom stereocenters. The zero-order valence-electron chi connectivity index (χ0n) is 17.4. The van der Waals surface area contributed by atoms with Crippen molar-refractivity contribution in [1.82, 2.24) is 29.7 Å². The quantitative estimate of drug-likeness (QED) is 0.470. The number of hydrogen-bond donors (Lipinski definition) is 1. The fourth-order valence-electron chi connectivity index (χ4n) is 3.83. The van der Waals surface area contributed by atoms with E-state index in [0.29, 0.717) is 11.0 Å². The molecule has 2 fully saturated rings. The van der Waals surface area contributed by atoms with Gasteiger partial charge in [0.1, 0.15) is 6.10 Å². The first-order valence-corrected chi connectivity index (χ1v) is 12.2. The number of likely N-dealkylation sites (tertiary alicyclic amines) is 1. The van der Waals surface area contributed by atoms with Gasteiger partial charge in [-0.05, 0) is 68.4 Å². The Morgan fingerprint density at radius 1 is 1.22 bits per heavy atom. The van der Waals surface area contributed by atoms with E-state index in [9.17, 15) is 4.79 Å². The second-order valence-corrected chi connectivity index (χ2v) is 10.3. The number of anilines is 1. The molecular weight excluding hydrogens is 446 g/mol. The van der Waals surface area contributed by atoms with Crippen LogP contribution < -0.4 is 5.32 Å². The Hall–Kier alpha value is -2.76. The van der Waals surface area contributed by atoms with E-state index in [1.807, 2.05) is 41.9 Å². The SMILES string of the molecule is CN1CC[C@H](OC(=O)Nc2nc3ccc(Sc4nnc5ccc(C6CC6)nn45)cc3s2)C1. The van der Waals surface area contributed by atoms with E-state index in [-0.39, 0.29) is 6.10 Å². The van der Waals surface area contributed by atoms with Crippen LogP contribution in [0.15, 0.2) is 40.4 Å². The molecule has 1 aromatic carbocycles. The van der Waals surface area contributed by atoms with Crippen molar-refractivity contribution in [2.24, 2.45) is 0 Å². The average Bonchev–Trinajstić information content (AvgIpc) is 3.26. The molecule has 6 rings (SSSR count). The first-order chi connectivity index (χ1) is 15.6. The summed E-state index contributed by atoms with van der Waals surface area (Å²) in [5.41, 5.74) is 2.67. The van der Waals surface area contributed by atoms with E-state index >= 15 is 0 Å². The number of likely N-dealkylation sites (N-methyl/N-ethyl adjacent to an activating group) is 1. The minimum atomic E-state index is -0.452. The molecule has 4 aromatic rings. The predicted molar refractivity (Wildman–Crippen MR) is 123 cm³/mol. The molecule has 2 aliphatic rings. The maximum atomic E-state index is 12.2. The van der Waals surface area contributed by atoms with Crippen LogP contribution in [-0.2, 0) is 4.74 Å². The topological polar surface area (TPSA) is 97.5 Å². The van der Waals surface area contributed by atoms with Crippen molar-refractivity contribution in [2.45, 2.75) is 41.3 Å². The van der Waals surface area contributed by atoms with Gasteiger partial charge in [0.15, 0.2) is 10.8 Å². The molecular formula is C21H21N7O2S2. The summed E-state index contributed by atoms with van der Waals surface area (Å²) >= 11 is 2.94. The number of aromatic nitrogens is 5. The number of ether oxygens (including phenoxy) is 1. The van der Waals surface area contributed by atoms with Crippen molar-refractivity contribution < 1.29 is 9.53 Å². The minimum Gasteiger partial charge on any atom is -0.445 e. The Labute approximate surface area is 192 Å². The first-order valence-electron chi connectivity index (χ1n) is 10.6. The highest BCUT2D eigenvalue weighted by Crippen LogP contribution is 2.39. The number of amides is 1. The molecule has 164 valence electrons. The van der Waals surface area contributed by atoms with Crippen molar-refractivity contribution in [3.8, 4) is 0 Å². The number of hydrogen-bond acceptors (Lipinski definition) is 9. The van der Waals surface area contributed by atoms with Gasteiger partial charge in [-0.1, -0.05) is 11.3 Å². The largest absolute Gasteiger partial charge is 0.445 e. The lowest BCUT2D eigenvalue weighted by Crippen LogP contribution is -2.25. The third kappa shape index (κ3) is 4.03. The van der Waals surface area contributed by atoms with Crippen LogP contribution in [-0.4, -0.2) is 62.0 Å². The zero-order valence-corrected chi connectivity index (χ0v) is 19.0. The lowest BCUT2D eigenvalue weighted by atomic mass is 10.3. The molecule has 1 aliphatic heterocycles. The molecule has 1 aliphatic carbocycles. The lowest BCUT2D eigenvalue weighted by molar-refractivity contribution is 0.115. The number of nitrogens with one attached hydrogen (secondary N) is 1. The smallest absolute Gasteiger partial charge is 0.413 e. The summed E-state index contributed by atoms with van der Waals surface area (Å²) < 4.78 is 8.29. The summed E-state index contributed by atoms with van der Waals surface area (Å²) in [6.45, 7) is 1.71. The Morgan fingerprint density at radius 2 is 2.12 bits per heavy atom. The van der Waals surface area contributed by atoms with E-state index in [2.05, 4.69) is 25.4 Å². The van der Waals surface area contributed by atoms with Gasteiger partial charge in [0.05, 0.1) is 15.9 Å². The highest BCUT2D eigenvalue weighted by atomic mass is 32.2. The van der Waals surface area contributed by atoms with Crippen molar-refractivity contribution in [2.75, 3.05) is 25.5 Å². The Balaban J connectivity index is 1.18. The summed E-state index contributed by atoms with van der Waals surface area (Å²) in [4.78, 5) is 19.9. The summed E-state index contributed by atoms with van der Waals surface area (Å²) in [6.07, 6.45) is 2.74. The molecule has 0 spiro atoms. The Bertz CT molecular complexity index is 1320. The van der Waals surface area contributed by atoms with Gasteiger partial charge in [0.25, 0.3) is 0 Å². The fourth-order valence-corrected chi connectivity index (χ4v) is 5.62. The number of fused-ring (bicyclic) bond motifs is 2. The van der Waals surface area contributed by atoms with Gasteiger partial charge in [-0.15, -0.1) is 10.2 Å². The van der Waals surface area contributed by atoms with Gasteiger partial charge < -0.3 is 9.64 Å². The number of nitrogens with zero attached hydrogens (tertiary/aromatic N) is 6. The van der Waals surface area contributed by atoms with Gasteiger partial charge in [-0.25, -0.2) is 9.78 Å². The van der Waals surface area contributed by atoms with Crippen LogP contribution in [0.4, 0.5) is 9.93 Å².